The van der Waals surface area contributed by atoms with Gasteiger partial charge < -0.3 is 9.88 Å². The van der Waals surface area contributed by atoms with Gasteiger partial charge in [0, 0.05) is 56.0 Å². The molecule has 1 N–H and O–H groups in total. The van der Waals surface area contributed by atoms with Crippen LogP contribution in [0.25, 0.3) is 22.2 Å². The predicted molar refractivity (Wildman–Crippen MR) is 143 cm³/mol. The van der Waals surface area contributed by atoms with Crippen LogP contribution in [-0.4, -0.2) is 77.8 Å². The van der Waals surface area contributed by atoms with Crippen LogP contribution in [0.1, 0.15) is 50.6 Å². The van der Waals surface area contributed by atoms with Crippen LogP contribution >= 0.6 is 0 Å². The Kier molecular flexibility index (Phi) is 6.86. The van der Waals surface area contributed by atoms with E-state index in [1.807, 2.05) is 24.4 Å². The fourth-order valence-electron chi connectivity index (χ4n) is 6.27. The molecule has 3 aromatic rings. The van der Waals surface area contributed by atoms with Crippen LogP contribution in [0.4, 0.5) is 0 Å². The molecule has 5 heterocycles. The third-order valence-corrected chi connectivity index (χ3v) is 10.2. The Hall–Kier alpha value is -2.26. The van der Waals surface area contributed by atoms with Gasteiger partial charge in [-0.2, -0.15) is 4.31 Å². The highest BCUT2D eigenvalue weighted by Crippen LogP contribution is 2.31. The standard InChI is InChI=1S/C28H37N5O2S/c34-36(35,33-16-4-5-17-33)25-8-6-22(7-9-25)26-10-13-29-28-27(26)20-23(30-28)21-31-18-11-24(12-19-31)32-14-2-1-3-15-32/h6-10,13,20,24H,1-5,11-12,14-19,21H2,(H,29,30). The fourth-order valence-corrected chi connectivity index (χ4v) is 7.79. The van der Waals surface area contributed by atoms with Crippen LogP contribution in [-0.2, 0) is 16.6 Å². The van der Waals surface area contributed by atoms with Gasteiger partial charge in [-0.05, 0) is 87.0 Å². The molecule has 0 aliphatic carbocycles. The molecule has 2 aromatic heterocycles. The van der Waals surface area contributed by atoms with E-state index >= 15 is 0 Å². The molecule has 0 amide bonds. The molecule has 3 aliphatic rings. The van der Waals surface area contributed by atoms with Crippen LogP contribution in [0.3, 0.4) is 0 Å². The number of hydrogen-bond donors (Lipinski definition) is 1. The van der Waals surface area contributed by atoms with Gasteiger partial charge in [0.15, 0.2) is 0 Å². The molecule has 0 unspecified atom stereocenters. The zero-order chi connectivity index (χ0) is 24.5. The van der Waals surface area contributed by atoms with Crippen molar-refractivity contribution in [1.29, 1.82) is 0 Å². The lowest BCUT2D eigenvalue weighted by atomic mass is 10.00. The normalized spacial score (nSPS) is 21.4. The summed E-state index contributed by atoms with van der Waals surface area (Å²) < 4.78 is 27.4. The third-order valence-electron chi connectivity index (χ3n) is 8.31. The van der Waals surface area contributed by atoms with Gasteiger partial charge in [0.05, 0.1) is 4.90 Å². The lowest BCUT2D eigenvalue weighted by molar-refractivity contribution is 0.0892. The molecule has 0 spiro atoms. The number of fused-ring (bicyclic) bond motifs is 1. The summed E-state index contributed by atoms with van der Waals surface area (Å²) in [6, 6.07) is 12.3. The van der Waals surface area contributed by atoms with E-state index in [-0.39, 0.29) is 0 Å². The zero-order valence-electron chi connectivity index (χ0n) is 21.0. The minimum Gasteiger partial charge on any atom is -0.342 e. The molecule has 36 heavy (non-hydrogen) atoms. The average Bonchev–Trinajstić information content (AvgIpc) is 3.60. The van der Waals surface area contributed by atoms with E-state index in [1.165, 1.54) is 50.9 Å². The highest BCUT2D eigenvalue weighted by atomic mass is 32.2. The minimum atomic E-state index is -3.40. The van der Waals surface area contributed by atoms with Gasteiger partial charge in [-0.1, -0.05) is 18.6 Å². The molecular weight excluding hydrogens is 470 g/mol. The maximum atomic E-state index is 12.9. The Bertz CT molecular complexity index is 1280. The summed E-state index contributed by atoms with van der Waals surface area (Å²) in [5.41, 5.74) is 4.17. The second kappa shape index (κ2) is 10.2. The maximum absolute atomic E-state index is 12.9. The highest BCUT2D eigenvalue weighted by Gasteiger charge is 2.28. The highest BCUT2D eigenvalue weighted by molar-refractivity contribution is 7.89. The van der Waals surface area contributed by atoms with E-state index in [0.29, 0.717) is 18.0 Å². The SMILES string of the molecule is O=S(=O)(c1ccc(-c2ccnc3[nH]c(CN4CCC(N5CCCCC5)CC4)cc23)cc1)N1CCCC1. The van der Waals surface area contributed by atoms with Crippen LogP contribution < -0.4 is 0 Å². The van der Waals surface area contributed by atoms with Crippen molar-refractivity contribution in [3.05, 3.63) is 48.3 Å². The number of hydrogen-bond acceptors (Lipinski definition) is 5. The molecule has 3 aliphatic heterocycles. The monoisotopic (exact) mass is 507 g/mol. The average molecular weight is 508 g/mol. The molecule has 6 rings (SSSR count). The first kappa shape index (κ1) is 24.1. The van der Waals surface area contributed by atoms with Crippen molar-refractivity contribution in [3.8, 4) is 11.1 Å². The Morgan fingerprint density at radius 1 is 0.861 bits per heavy atom. The minimum absolute atomic E-state index is 0.376. The van der Waals surface area contributed by atoms with E-state index in [1.54, 1.807) is 16.4 Å². The van der Waals surface area contributed by atoms with Crippen LogP contribution in [0.15, 0.2) is 47.5 Å². The zero-order valence-corrected chi connectivity index (χ0v) is 21.8. The smallest absolute Gasteiger partial charge is 0.243 e. The first-order valence-electron chi connectivity index (χ1n) is 13.6. The molecule has 8 heteroatoms. The number of aromatic amines is 1. The number of sulfonamides is 1. The van der Waals surface area contributed by atoms with Gasteiger partial charge in [-0.15, -0.1) is 0 Å². The summed E-state index contributed by atoms with van der Waals surface area (Å²) in [7, 11) is -3.40. The quantitative estimate of drug-likeness (QED) is 0.533. The van der Waals surface area contributed by atoms with Crippen LogP contribution in [0.2, 0.25) is 0 Å². The summed E-state index contributed by atoms with van der Waals surface area (Å²) in [5.74, 6) is 0. The van der Waals surface area contributed by atoms with Crippen molar-refractivity contribution >= 4 is 21.1 Å². The fraction of sp³-hybridized carbons (Fsp3) is 0.536. The molecule has 3 saturated heterocycles. The van der Waals surface area contributed by atoms with Crippen molar-refractivity contribution in [2.75, 3.05) is 39.3 Å². The van der Waals surface area contributed by atoms with Gasteiger partial charge in [0.2, 0.25) is 10.0 Å². The third kappa shape index (κ3) is 4.84. The number of rotatable bonds is 6. The van der Waals surface area contributed by atoms with E-state index in [2.05, 4.69) is 25.8 Å². The van der Waals surface area contributed by atoms with Crippen molar-refractivity contribution in [1.82, 2.24) is 24.1 Å². The Morgan fingerprint density at radius 2 is 1.56 bits per heavy atom. The lowest BCUT2D eigenvalue weighted by Gasteiger charge is -2.40. The van der Waals surface area contributed by atoms with E-state index in [0.717, 1.165) is 60.7 Å². The molecule has 192 valence electrons. The maximum Gasteiger partial charge on any atom is 0.243 e. The summed E-state index contributed by atoms with van der Waals surface area (Å²) in [6.45, 7) is 7.01. The van der Waals surface area contributed by atoms with Gasteiger partial charge >= 0.3 is 0 Å². The predicted octanol–water partition coefficient (Wildman–Crippen LogP) is 4.46. The Labute approximate surface area is 214 Å². The molecule has 7 nitrogen and oxygen atoms in total. The van der Waals surface area contributed by atoms with Gasteiger partial charge in [-0.25, -0.2) is 13.4 Å². The number of nitrogens with zero attached hydrogens (tertiary/aromatic N) is 4. The number of H-pyrrole nitrogens is 1. The summed E-state index contributed by atoms with van der Waals surface area (Å²) in [5, 5.41) is 1.09. The molecule has 0 radical (unpaired) electrons. The van der Waals surface area contributed by atoms with E-state index in [4.69, 9.17) is 0 Å². The molecule has 3 fully saturated rings. The lowest BCUT2D eigenvalue weighted by Crippen LogP contribution is -2.46. The first-order valence-corrected chi connectivity index (χ1v) is 15.1. The summed E-state index contributed by atoms with van der Waals surface area (Å²) >= 11 is 0. The van der Waals surface area contributed by atoms with E-state index < -0.39 is 10.0 Å². The Morgan fingerprint density at radius 3 is 2.28 bits per heavy atom. The van der Waals surface area contributed by atoms with Crippen LogP contribution in [0, 0.1) is 0 Å². The number of nitrogens with one attached hydrogen (secondary N) is 1. The molecular formula is C28H37N5O2S. The topological polar surface area (TPSA) is 72.5 Å². The molecule has 1 aromatic carbocycles. The number of likely N-dealkylation sites (tertiary alicyclic amines) is 2. The van der Waals surface area contributed by atoms with Gasteiger partial charge in [-0.3, -0.25) is 4.90 Å². The first-order chi connectivity index (χ1) is 17.6. The van der Waals surface area contributed by atoms with Crippen molar-refractivity contribution in [2.24, 2.45) is 0 Å². The number of benzene rings is 1. The Balaban J connectivity index is 1.15. The summed E-state index contributed by atoms with van der Waals surface area (Å²) in [4.78, 5) is 13.8. The van der Waals surface area contributed by atoms with Crippen molar-refractivity contribution < 1.29 is 8.42 Å². The summed E-state index contributed by atoms with van der Waals surface area (Å²) in [6.07, 6.45) is 10.4. The van der Waals surface area contributed by atoms with Gasteiger partial charge in [0.1, 0.15) is 5.65 Å². The number of piperidine rings is 2. The largest absolute Gasteiger partial charge is 0.342 e. The van der Waals surface area contributed by atoms with Crippen LogP contribution in [0.5, 0.6) is 0 Å². The molecule has 0 atom stereocenters. The van der Waals surface area contributed by atoms with E-state index in [9.17, 15) is 8.42 Å². The molecule has 0 bridgehead atoms. The second-order valence-electron chi connectivity index (χ2n) is 10.7. The number of pyridine rings is 1. The second-order valence-corrected chi connectivity index (χ2v) is 12.6. The van der Waals surface area contributed by atoms with Crippen molar-refractivity contribution in [2.45, 2.75) is 62.4 Å². The molecule has 0 saturated carbocycles. The van der Waals surface area contributed by atoms with Gasteiger partial charge in [0.25, 0.3) is 0 Å². The van der Waals surface area contributed by atoms with Crippen molar-refractivity contribution in [3.63, 3.8) is 0 Å². The number of aromatic nitrogens is 2.